The highest BCUT2D eigenvalue weighted by molar-refractivity contribution is 5.88. The molecule has 0 saturated carbocycles. The van der Waals surface area contributed by atoms with Crippen molar-refractivity contribution in [3.63, 3.8) is 0 Å². The van der Waals surface area contributed by atoms with Gasteiger partial charge in [0.1, 0.15) is 17.6 Å². The van der Waals surface area contributed by atoms with Gasteiger partial charge in [-0.05, 0) is 30.3 Å². The first kappa shape index (κ1) is 20.5. The number of para-hydroxylation sites is 1. The van der Waals surface area contributed by atoms with Gasteiger partial charge >= 0.3 is 5.97 Å². The topological polar surface area (TPSA) is 118 Å². The highest BCUT2D eigenvalue weighted by Gasteiger charge is 2.32. The van der Waals surface area contributed by atoms with E-state index in [1.165, 1.54) is 12.1 Å². The van der Waals surface area contributed by atoms with Gasteiger partial charge in [0.25, 0.3) is 11.8 Å². The zero-order chi connectivity index (χ0) is 21.8. The Morgan fingerprint density at radius 1 is 1.26 bits per heavy atom. The first-order valence-corrected chi connectivity index (χ1v) is 9.58. The molecule has 2 aromatic carbocycles. The van der Waals surface area contributed by atoms with Crippen LogP contribution in [0.1, 0.15) is 22.3 Å². The van der Waals surface area contributed by atoms with Crippen molar-refractivity contribution in [2.45, 2.75) is 6.04 Å². The van der Waals surface area contributed by atoms with Gasteiger partial charge in [0.05, 0.1) is 11.1 Å². The van der Waals surface area contributed by atoms with Crippen LogP contribution in [0.4, 0.5) is 4.39 Å². The summed E-state index contributed by atoms with van der Waals surface area (Å²) in [7, 11) is 0. The largest absolute Gasteiger partial charge is 0.484 e. The Kier molecular flexibility index (Phi) is 5.89. The lowest BCUT2D eigenvalue weighted by Gasteiger charge is -2.33. The van der Waals surface area contributed by atoms with Crippen LogP contribution in [0.3, 0.4) is 0 Å². The third-order valence-corrected chi connectivity index (χ3v) is 4.85. The molecule has 1 unspecified atom stereocenters. The summed E-state index contributed by atoms with van der Waals surface area (Å²) >= 11 is 0. The first-order valence-electron chi connectivity index (χ1n) is 9.58. The number of hydrogen-bond acceptors (Lipinski definition) is 7. The SMILES string of the molecule is O=C(O)c1ccc(-c2noc(C3CNCCN3C(=O)COc3ccccc3)n2)c(F)c1. The van der Waals surface area contributed by atoms with E-state index in [9.17, 15) is 14.0 Å². The molecule has 1 fully saturated rings. The minimum atomic E-state index is -1.24. The molecule has 0 aliphatic carbocycles. The fourth-order valence-corrected chi connectivity index (χ4v) is 3.28. The predicted octanol–water partition coefficient (Wildman–Crippen LogP) is 2.13. The molecule has 0 bridgehead atoms. The third-order valence-electron chi connectivity index (χ3n) is 4.85. The number of rotatable bonds is 6. The van der Waals surface area contributed by atoms with Gasteiger partial charge < -0.3 is 24.6 Å². The van der Waals surface area contributed by atoms with Crippen molar-refractivity contribution in [2.24, 2.45) is 0 Å². The lowest BCUT2D eigenvalue weighted by molar-refractivity contribution is -0.137. The lowest BCUT2D eigenvalue weighted by Crippen LogP contribution is -2.50. The van der Waals surface area contributed by atoms with Gasteiger partial charge in [-0.3, -0.25) is 4.79 Å². The van der Waals surface area contributed by atoms with E-state index in [4.69, 9.17) is 14.4 Å². The van der Waals surface area contributed by atoms with Crippen molar-refractivity contribution in [1.82, 2.24) is 20.4 Å². The number of hydrogen-bond donors (Lipinski definition) is 2. The highest BCUT2D eigenvalue weighted by Crippen LogP contribution is 2.26. The molecule has 1 amide bonds. The summed E-state index contributed by atoms with van der Waals surface area (Å²) in [5.74, 6) is -1.55. The van der Waals surface area contributed by atoms with Gasteiger partial charge in [0.2, 0.25) is 5.82 Å². The summed E-state index contributed by atoms with van der Waals surface area (Å²) in [5, 5.41) is 16.0. The lowest BCUT2D eigenvalue weighted by atomic mass is 10.1. The molecule has 1 saturated heterocycles. The Morgan fingerprint density at radius 2 is 2.06 bits per heavy atom. The number of benzene rings is 2. The van der Waals surface area contributed by atoms with Crippen LogP contribution in [-0.4, -0.2) is 58.3 Å². The number of ether oxygens (including phenoxy) is 1. The van der Waals surface area contributed by atoms with E-state index in [0.29, 0.717) is 25.4 Å². The summed E-state index contributed by atoms with van der Waals surface area (Å²) in [6.07, 6.45) is 0. The van der Waals surface area contributed by atoms with Gasteiger partial charge in [-0.2, -0.15) is 4.98 Å². The average molecular weight is 426 g/mol. The van der Waals surface area contributed by atoms with Crippen molar-refractivity contribution in [1.29, 1.82) is 0 Å². The Hall–Kier alpha value is -3.79. The number of aromatic carboxylic acids is 1. The average Bonchev–Trinajstić information content (AvgIpc) is 3.28. The zero-order valence-corrected chi connectivity index (χ0v) is 16.3. The molecule has 1 aliphatic rings. The molecule has 2 N–H and O–H groups in total. The minimum absolute atomic E-state index is 0.00839. The predicted molar refractivity (Wildman–Crippen MR) is 106 cm³/mol. The van der Waals surface area contributed by atoms with Crippen LogP contribution in [0, 0.1) is 5.82 Å². The Labute approximate surface area is 176 Å². The van der Waals surface area contributed by atoms with Crippen molar-refractivity contribution in [2.75, 3.05) is 26.2 Å². The minimum Gasteiger partial charge on any atom is -0.484 e. The van der Waals surface area contributed by atoms with Crippen molar-refractivity contribution >= 4 is 11.9 Å². The monoisotopic (exact) mass is 426 g/mol. The number of piperazine rings is 1. The molecule has 2 heterocycles. The van der Waals surface area contributed by atoms with Crippen LogP contribution in [0.2, 0.25) is 0 Å². The number of carboxylic acid groups (broad SMARTS) is 1. The Balaban J connectivity index is 1.51. The standard InChI is InChI=1S/C21H19FN4O5/c22-16-10-13(21(28)29)6-7-15(16)19-24-20(31-25-19)17-11-23-8-9-26(17)18(27)12-30-14-4-2-1-3-5-14/h1-7,10,17,23H,8-9,11-12H2,(H,28,29). The number of halogens is 1. The van der Waals surface area contributed by atoms with Crippen molar-refractivity contribution in [3.8, 4) is 17.1 Å². The number of amides is 1. The van der Waals surface area contributed by atoms with Crippen LogP contribution < -0.4 is 10.1 Å². The third kappa shape index (κ3) is 4.53. The number of aromatic nitrogens is 2. The molecule has 1 aromatic heterocycles. The van der Waals surface area contributed by atoms with Crippen LogP contribution in [0.25, 0.3) is 11.4 Å². The second kappa shape index (κ2) is 8.92. The molecule has 160 valence electrons. The van der Waals surface area contributed by atoms with Gasteiger partial charge in [-0.15, -0.1) is 0 Å². The molecule has 10 heteroatoms. The molecule has 9 nitrogen and oxygen atoms in total. The molecular formula is C21H19FN4O5. The maximum atomic E-state index is 14.3. The summed E-state index contributed by atoms with van der Waals surface area (Å²) in [5.41, 5.74) is -0.175. The normalized spacial score (nSPS) is 16.2. The van der Waals surface area contributed by atoms with Crippen molar-refractivity contribution in [3.05, 3.63) is 65.8 Å². The van der Waals surface area contributed by atoms with Gasteiger partial charge in [0, 0.05) is 19.6 Å². The Bertz CT molecular complexity index is 1090. The molecule has 1 atom stereocenters. The number of carboxylic acids is 1. The maximum absolute atomic E-state index is 14.3. The first-order chi connectivity index (χ1) is 15.0. The van der Waals surface area contributed by atoms with E-state index in [2.05, 4.69) is 15.5 Å². The van der Waals surface area contributed by atoms with Crippen LogP contribution in [0.15, 0.2) is 53.1 Å². The van der Waals surface area contributed by atoms with Crippen LogP contribution >= 0.6 is 0 Å². The van der Waals surface area contributed by atoms with E-state index < -0.39 is 17.8 Å². The number of nitrogens with one attached hydrogen (secondary N) is 1. The summed E-state index contributed by atoms with van der Waals surface area (Å²) < 4.78 is 25.2. The van der Waals surface area contributed by atoms with E-state index >= 15 is 0 Å². The van der Waals surface area contributed by atoms with E-state index in [0.717, 1.165) is 6.07 Å². The molecule has 4 rings (SSSR count). The quantitative estimate of drug-likeness (QED) is 0.616. The maximum Gasteiger partial charge on any atom is 0.335 e. The van der Waals surface area contributed by atoms with Gasteiger partial charge in [0.15, 0.2) is 6.61 Å². The van der Waals surface area contributed by atoms with Crippen molar-refractivity contribution < 1.29 is 28.3 Å². The molecule has 3 aromatic rings. The van der Waals surface area contributed by atoms with E-state index in [1.54, 1.807) is 17.0 Å². The van der Waals surface area contributed by atoms with Gasteiger partial charge in [-0.1, -0.05) is 23.4 Å². The zero-order valence-electron chi connectivity index (χ0n) is 16.3. The molecular weight excluding hydrogens is 407 g/mol. The fourth-order valence-electron chi connectivity index (χ4n) is 3.28. The summed E-state index contributed by atoms with van der Waals surface area (Å²) in [6, 6.07) is 11.9. The molecule has 31 heavy (non-hydrogen) atoms. The van der Waals surface area contributed by atoms with Crippen LogP contribution in [-0.2, 0) is 4.79 Å². The number of nitrogens with zero attached hydrogens (tertiary/aromatic N) is 3. The molecule has 1 aliphatic heterocycles. The second-order valence-corrected chi connectivity index (χ2v) is 6.86. The Morgan fingerprint density at radius 3 is 2.81 bits per heavy atom. The van der Waals surface area contributed by atoms with E-state index in [-0.39, 0.29) is 35.4 Å². The second-order valence-electron chi connectivity index (χ2n) is 6.86. The summed E-state index contributed by atoms with van der Waals surface area (Å²) in [6.45, 7) is 1.26. The van der Waals surface area contributed by atoms with Crippen LogP contribution in [0.5, 0.6) is 5.75 Å². The van der Waals surface area contributed by atoms with Gasteiger partial charge in [-0.25, -0.2) is 9.18 Å². The molecule has 0 radical (unpaired) electrons. The summed E-state index contributed by atoms with van der Waals surface area (Å²) in [4.78, 5) is 29.6. The number of carbonyl (C=O) groups excluding carboxylic acids is 1. The van der Waals surface area contributed by atoms with E-state index in [1.807, 2.05) is 18.2 Å². The molecule has 0 spiro atoms. The highest BCUT2D eigenvalue weighted by atomic mass is 19.1. The smallest absolute Gasteiger partial charge is 0.335 e. The fraction of sp³-hybridized carbons (Fsp3) is 0.238. The number of carbonyl (C=O) groups is 2.